The Morgan fingerprint density at radius 1 is 1.19 bits per heavy atom. The molecule has 0 aliphatic carbocycles. The van der Waals surface area contributed by atoms with Crippen LogP contribution in [0.3, 0.4) is 0 Å². The topological polar surface area (TPSA) is 129 Å². The number of hydrogen-bond donors (Lipinski definition) is 2. The van der Waals surface area contributed by atoms with Gasteiger partial charge < -0.3 is 15.8 Å². The van der Waals surface area contributed by atoms with Gasteiger partial charge in [-0.25, -0.2) is 4.79 Å². The number of esters is 1. The Kier molecular flexibility index (Phi) is 9.28. The van der Waals surface area contributed by atoms with Crippen LogP contribution < -0.4 is 11.1 Å². The average molecular weight is 542 g/mol. The maximum absolute atomic E-state index is 12.8. The minimum atomic E-state index is -0.678. The molecular formula is C26H31N5O4S2. The van der Waals surface area contributed by atoms with E-state index < -0.39 is 11.9 Å². The number of hydrogen-bond acceptors (Lipinski definition) is 8. The van der Waals surface area contributed by atoms with Gasteiger partial charge in [-0.15, -0.1) is 28.1 Å². The van der Waals surface area contributed by atoms with Gasteiger partial charge in [0.25, 0.3) is 5.91 Å². The smallest absolute Gasteiger partial charge is 0.341 e. The highest BCUT2D eigenvalue weighted by Gasteiger charge is 2.26. The number of ether oxygens (including phenoxy) is 1. The van der Waals surface area contributed by atoms with E-state index in [1.165, 1.54) is 17.3 Å². The third-order valence-corrected chi connectivity index (χ3v) is 7.56. The van der Waals surface area contributed by atoms with Crippen molar-refractivity contribution in [3.8, 4) is 11.4 Å². The van der Waals surface area contributed by atoms with Crippen LogP contribution in [0.5, 0.6) is 0 Å². The normalized spacial score (nSPS) is 11.1. The van der Waals surface area contributed by atoms with Crippen molar-refractivity contribution >= 4 is 45.9 Å². The molecule has 9 nitrogen and oxygen atoms in total. The highest BCUT2D eigenvalue weighted by atomic mass is 32.2. The van der Waals surface area contributed by atoms with Crippen molar-refractivity contribution in [3.05, 3.63) is 58.5 Å². The predicted molar refractivity (Wildman–Crippen MR) is 147 cm³/mol. The molecule has 11 heteroatoms. The quantitative estimate of drug-likeness (QED) is 0.198. The number of nitrogens with zero attached hydrogens (tertiary/aromatic N) is 3. The molecule has 0 spiro atoms. The highest BCUT2D eigenvalue weighted by molar-refractivity contribution is 7.99. The van der Waals surface area contributed by atoms with E-state index in [4.69, 9.17) is 10.5 Å². The van der Waals surface area contributed by atoms with Crippen molar-refractivity contribution in [1.82, 2.24) is 14.8 Å². The lowest BCUT2D eigenvalue weighted by Gasteiger charge is -2.11. The fourth-order valence-corrected chi connectivity index (χ4v) is 5.38. The lowest BCUT2D eigenvalue weighted by molar-refractivity contribution is -0.113. The van der Waals surface area contributed by atoms with Gasteiger partial charge in [0.1, 0.15) is 5.00 Å². The molecule has 0 bridgehead atoms. The molecular weight excluding hydrogens is 510 g/mol. The Hall–Kier alpha value is -3.44. The summed E-state index contributed by atoms with van der Waals surface area (Å²) in [6, 6.07) is 8.15. The average Bonchev–Trinajstić information content (AvgIpc) is 3.38. The first-order chi connectivity index (χ1) is 17.5. The maximum atomic E-state index is 12.8. The van der Waals surface area contributed by atoms with Gasteiger partial charge in [0.15, 0.2) is 11.0 Å². The van der Waals surface area contributed by atoms with Gasteiger partial charge in [0.2, 0.25) is 5.91 Å². The number of amides is 2. The first-order valence-corrected chi connectivity index (χ1v) is 13.5. The summed E-state index contributed by atoms with van der Waals surface area (Å²) in [5, 5.41) is 12.1. The van der Waals surface area contributed by atoms with Crippen molar-refractivity contribution in [2.24, 2.45) is 5.73 Å². The number of carbonyl (C=O) groups is 3. The summed E-state index contributed by atoms with van der Waals surface area (Å²) in [6.07, 6.45) is 1.38. The second kappa shape index (κ2) is 12.2. The maximum Gasteiger partial charge on any atom is 0.341 e. The largest absolute Gasteiger partial charge is 0.459 e. The van der Waals surface area contributed by atoms with Gasteiger partial charge >= 0.3 is 5.97 Å². The van der Waals surface area contributed by atoms with Gasteiger partial charge in [0.05, 0.1) is 22.3 Å². The number of nitrogens with two attached hydrogens (primary N) is 1. The molecule has 0 fully saturated rings. The van der Waals surface area contributed by atoms with E-state index >= 15 is 0 Å². The molecule has 0 unspecified atom stereocenters. The van der Waals surface area contributed by atoms with Crippen LogP contribution in [-0.2, 0) is 16.1 Å². The van der Waals surface area contributed by atoms with Crippen molar-refractivity contribution in [2.45, 2.75) is 58.3 Å². The molecule has 3 N–H and O–H groups in total. The van der Waals surface area contributed by atoms with E-state index in [9.17, 15) is 14.4 Å². The van der Waals surface area contributed by atoms with E-state index in [0.717, 1.165) is 16.9 Å². The van der Waals surface area contributed by atoms with Crippen LogP contribution >= 0.6 is 23.1 Å². The number of aromatic nitrogens is 3. The van der Waals surface area contributed by atoms with Crippen molar-refractivity contribution in [1.29, 1.82) is 0 Å². The zero-order valence-electron chi connectivity index (χ0n) is 21.5. The van der Waals surface area contributed by atoms with Crippen LogP contribution in [0, 0.1) is 6.92 Å². The van der Waals surface area contributed by atoms with Gasteiger partial charge in [-0.2, -0.15) is 0 Å². The van der Waals surface area contributed by atoms with Crippen LogP contribution in [0.2, 0.25) is 0 Å². The Balaban J connectivity index is 1.79. The third kappa shape index (κ3) is 6.66. The molecule has 0 atom stereocenters. The highest BCUT2D eigenvalue weighted by Crippen LogP contribution is 2.34. The lowest BCUT2D eigenvalue weighted by atomic mass is 10.0. The summed E-state index contributed by atoms with van der Waals surface area (Å²) in [7, 11) is 0. The molecule has 0 aliphatic rings. The predicted octanol–water partition coefficient (Wildman–Crippen LogP) is 5.02. The third-order valence-electron chi connectivity index (χ3n) is 5.37. The Morgan fingerprint density at radius 3 is 2.43 bits per heavy atom. The second-order valence-electron chi connectivity index (χ2n) is 8.90. The van der Waals surface area contributed by atoms with Gasteiger partial charge in [0, 0.05) is 12.1 Å². The molecule has 196 valence electrons. The number of thiophene rings is 1. The fourth-order valence-electron chi connectivity index (χ4n) is 3.57. The molecule has 0 saturated carbocycles. The van der Waals surface area contributed by atoms with Crippen LogP contribution in [0.4, 0.5) is 5.00 Å². The molecule has 2 aromatic heterocycles. The number of benzene rings is 1. The summed E-state index contributed by atoms with van der Waals surface area (Å²) in [6.45, 7) is 13.6. The summed E-state index contributed by atoms with van der Waals surface area (Å²) in [5.74, 6) is -0.582. The van der Waals surface area contributed by atoms with Crippen molar-refractivity contribution in [3.63, 3.8) is 0 Å². The zero-order chi connectivity index (χ0) is 27.3. The van der Waals surface area contributed by atoms with E-state index in [1.807, 2.05) is 16.7 Å². The van der Waals surface area contributed by atoms with Gasteiger partial charge in [-0.05, 0) is 37.8 Å². The zero-order valence-corrected chi connectivity index (χ0v) is 23.2. The summed E-state index contributed by atoms with van der Waals surface area (Å²) in [5.41, 5.74) is 8.11. The van der Waals surface area contributed by atoms with Crippen molar-refractivity contribution < 1.29 is 19.1 Å². The Morgan fingerprint density at radius 2 is 1.86 bits per heavy atom. The summed E-state index contributed by atoms with van der Waals surface area (Å²) < 4.78 is 7.19. The van der Waals surface area contributed by atoms with E-state index in [2.05, 4.69) is 48.1 Å². The van der Waals surface area contributed by atoms with Gasteiger partial charge in [-0.1, -0.05) is 56.0 Å². The second-order valence-corrected chi connectivity index (χ2v) is 10.9. The number of allylic oxidation sites excluding steroid dienone is 1. The molecule has 3 aromatic rings. The number of primary amides is 1. The molecule has 1 aromatic carbocycles. The van der Waals surface area contributed by atoms with Crippen LogP contribution in [0.1, 0.15) is 64.8 Å². The van der Waals surface area contributed by atoms with Crippen LogP contribution in [0.25, 0.3) is 11.4 Å². The lowest BCUT2D eigenvalue weighted by Crippen LogP contribution is -2.18. The molecule has 3 rings (SSSR count). The molecule has 0 radical (unpaired) electrons. The van der Waals surface area contributed by atoms with Crippen LogP contribution in [0.15, 0.2) is 42.1 Å². The number of anilines is 1. The number of carbonyl (C=O) groups excluding carboxylic acids is 3. The van der Waals surface area contributed by atoms with E-state index in [0.29, 0.717) is 29.0 Å². The monoisotopic (exact) mass is 541 g/mol. The SMILES string of the molecule is C=CCn1c(SCC(=O)Nc2sc(C(N)=O)c(C)c2C(=O)OC(C)C)nnc1-c1ccc(C(C)C)cc1. The van der Waals surface area contributed by atoms with E-state index in [1.54, 1.807) is 26.8 Å². The minimum absolute atomic E-state index is 0.00306. The molecule has 0 saturated heterocycles. The standard InChI is InChI=1S/C26H31N5O4S2/c1-7-12-31-23(18-10-8-17(9-11-18)14(2)3)29-30-26(31)36-13-19(32)28-24-20(25(34)35-15(4)5)16(6)21(37-24)22(27)33/h7-11,14-15H,1,12-13H2,2-6H3,(H2,27,33)(H,28,32). The molecule has 2 heterocycles. The summed E-state index contributed by atoms with van der Waals surface area (Å²) >= 11 is 2.16. The Labute approximate surface area is 224 Å². The summed E-state index contributed by atoms with van der Waals surface area (Å²) in [4.78, 5) is 37.5. The van der Waals surface area contributed by atoms with Crippen LogP contribution in [-0.4, -0.2) is 44.4 Å². The minimum Gasteiger partial charge on any atom is -0.459 e. The Bertz CT molecular complexity index is 1310. The first-order valence-electron chi connectivity index (χ1n) is 11.7. The first kappa shape index (κ1) is 28.1. The fraction of sp³-hybridized carbons (Fsp3) is 0.346. The van der Waals surface area contributed by atoms with E-state index in [-0.39, 0.29) is 33.2 Å². The molecule has 2 amide bonds. The molecule has 37 heavy (non-hydrogen) atoms. The number of rotatable bonds is 11. The number of thioether (sulfide) groups is 1. The van der Waals surface area contributed by atoms with Gasteiger partial charge in [-0.3, -0.25) is 14.2 Å². The van der Waals surface area contributed by atoms with Crippen molar-refractivity contribution in [2.75, 3.05) is 11.1 Å². The molecule has 0 aliphatic heterocycles. The number of nitrogens with one attached hydrogen (secondary N) is 1.